The van der Waals surface area contributed by atoms with Gasteiger partial charge in [0.25, 0.3) is 0 Å². The van der Waals surface area contributed by atoms with Crippen molar-refractivity contribution in [1.82, 2.24) is 4.98 Å². The van der Waals surface area contributed by atoms with Gasteiger partial charge in [-0.2, -0.15) is 0 Å². The van der Waals surface area contributed by atoms with Crippen molar-refractivity contribution in [3.8, 4) is 0 Å². The van der Waals surface area contributed by atoms with Crippen LogP contribution < -0.4 is 9.77 Å². The van der Waals surface area contributed by atoms with E-state index in [0.717, 1.165) is 16.8 Å². The van der Waals surface area contributed by atoms with Gasteiger partial charge in [0.1, 0.15) is 5.82 Å². The Bertz CT molecular complexity index is 495. The summed E-state index contributed by atoms with van der Waals surface area (Å²) in [6, 6.07) is 1.97. The molecule has 2 heterocycles. The monoisotopic (exact) mass is 308 g/mol. The SMILES string of the molecule is C=Cc1cc(B2OC(C)C(C)(C)O2)cnc1N(C)S.CC. The molecule has 0 saturated carbocycles. The smallest absolute Gasteiger partial charge is 0.402 e. The van der Waals surface area contributed by atoms with Crippen molar-refractivity contribution in [1.29, 1.82) is 0 Å². The Kier molecular flexibility index (Phi) is 6.32. The first-order valence-corrected chi connectivity index (χ1v) is 7.63. The molecule has 4 nitrogen and oxygen atoms in total. The van der Waals surface area contributed by atoms with E-state index >= 15 is 0 Å². The first kappa shape index (κ1) is 18.1. The van der Waals surface area contributed by atoms with E-state index in [-0.39, 0.29) is 18.8 Å². The number of thiol groups is 1. The molecule has 0 aromatic carbocycles. The molecule has 1 saturated heterocycles. The Morgan fingerprint density at radius 2 is 2.10 bits per heavy atom. The molecule has 1 aromatic heterocycles. The normalized spacial score (nSPS) is 19.8. The standard InChI is InChI=1S/C13H19BN2O2S.C2H6/c1-6-10-7-11(8-15-12(10)16(5)19)14-17-9(2)13(3,4)18-14;1-2/h6-9,19H,1H2,2-5H3;1-2H3. The van der Waals surface area contributed by atoms with Gasteiger partial charge >= 0.3 is 7.12 Å². The first-order chi connectivity index (χ1) is 9.85. The molecule has 1 atom stereocenters. The lowest BCUT2D eigenvalue weighted by Crippen LogP contribution is -2.35. The van der Waals surface area contributed by atoms with Gasteiger partial charge in [-0.1, -0.05) is 39.3 Å². The fourth-order valence-corrected chi connectivity index (χ4v) is 2.10. The van der Waals surface area contributed by atoms with E-state index in [1.807, 2.05) is 47.7 Å². The molecule has 0 amide bonds. The minimum absolute atomic E-state index is 0.0388. The predicted molar refractivity (Wildman–Crippen MR) is 94.2 cm³/mol. The van der Waals surface area contributed by atoms with Crippen LogP contribution in [0.2, 0.25) is 0 Å². The number of aromatic nitrogens is 1. The maximum atomic E-state index is 5.92. The second-order valence-electron chi connectivity index (χ2n) is 5.24. The van der Waals surface area contributed by atoms with Crippen LogP contribution in [0.5, 0.6) is 0 Å². The highest BCUT2D eigenvalue weighted by Gasteiger charge is 2.44. The van der Waals surface area contributed by atoms with Crippen LogP contribution in [0.15, 0.2) is 18.8 Å². The van der Waals surface area contributed by atoms with Crippen molar-refractivity contribution < 1.29 is 9.31 Å². The zero-order chi connectivity index (χ0) is 16.2. The summed E-state index contributed by atoms with van der Waals surface area (Å²) in [6.07, 6.45) is 3.55. The lowest BCUT2D eigenvalue weighted by atomic mass is 9.79. The van der Waals surface area contributed by atoms with E-state index in [4.69, 9.17) is 9.31 Å². The van der Waals surface area contributed by atoms with Crippen LogP contribution in [-0.2, 0) is 9.31 Å². The van der Waals surface area contributed by atoms with Gasteiger partial charge < -0.3 is 13.6 Å². The molecular weight excluding hydrogens is 283 g/mol. The number of pyridine rings is 1. The van der Waals surface area contributed by atoms with Crippen LogP contribution in [0.3, 0.4) is 0 Å². The van der Waals surface area contributed by atoms with Gasteiger partial charge in [0.15, 0.2) is 0 Å². The summed E-state index contributed by atoms with van der Waals surface area (Å²) in [4.78, 5) is 4.38. The Morgan fingerprint density at radius 3 is 2.52 bits per heavy atom. The summed E-state index contributed by atoms with van der Waals surface area (Å²) in [5, 5.41) is 0. The molecule has 0 bridgehead atoms. The summed E-state index contributed by atoms with van der Waals surface area (Å²) in [5.74, 6) is 0.757. The summed E-state index contributed by atoms with van der Waals surface area (Å²) < 4.78 is 13.4. The fourth-order valence-electron chi connectivity index (χ4n) is 1.94. The highest BCUT2D eigenvalue weighted by molar-refractivity contribution is 7.81. The fraction of sp³-hybridized carbons (Fsp3) is 0.533. The minimum atomic E-state index is -0.379. The molecule has 1 fully saturated rings. The molecule has 1 aromatic rings. The Balaban J connectivity index is 0.00000106. The molecule has 0 aliphatic carbocycles. The molecule has 1 aliphatic rings. The van der Waals surface area contributed by atoms with Gasteiger partial charge in [-0.05, 0) is 26.8 Å². The van der Waals surface area contributed by atoms with Gasteiger partial charge in [0.2, 0.25) is 0 Å². The van der Waals surface area contributed by atoms with E-state index in [2.05, 4.69) is 24.4 Å². The third kappa shape index (κ3) is 4.02. The molecule has 6 heteroatoms. The van der Waals surface area contributed by atoms with Gasteiger partial charge in [-0.3, -0.25) is 0 Å². The topological polar surface area (TPSA) is 34.6 Å². The average molecular weight is 308 g/mol. The molecule has 116 valence electrons. The summed E-state index contributed by atoms with van der Waals surface area (Å²) >= 11 is 4.26. The van der Waals surface area contributed by atoms with Crippen molar-refractivity contribution in [2.24, 2.45) is 0 Å². The van der Waals surface area contributed by atoms with Crippen LogP contribution in [0.4, 0.5) is 5.82 Å². The van der Waals surface area contributed by atoms with Gasteiger partial charge in [-0.25, -0.2) is 4.98 Å². The molecular formula is C15H25BN2O2S. The zero-order valence-electron chi connectivity index (χ0n) is 13.8. The molecule has 0 spiro atoms. The third-order valence-electron chi connectivity index (χ3n) is 3.43. The predicted octanol–water partition coefficient (Wildman–Crippen LogP) is 2.94. The van der Waals surface area contributed by atoms with Gasteiger partial charge in [0, 0.05) is 24.3 Å². The number of rotatable bonds is 3. The first-order valence-electron chi connectivity index (χ1n) is 7.23. The highest BCUT2D eigenvalue weighted by atomic mass is 32.1. The summed E-state index contributed by atoms with van der Waals surface area (Å²) in [6.45, 7) is 13.9. The average Bonchev–Trinajstić information content (AvgIpc) is 2.74. The quantitative estimate of drug-likeness (QED) is 0.688. The highest BCUT2D eigenvalue weighted by Crippen LogP contribution is 2.27. The Hall–Kier alpha value is -0.975. The van der Waals surface area contributed by atoms with Crippen LogP contribution in [-0.4, -0.2) is 30.9 Å². The van der Waals surface area contributed by atoms with E-state index < -0.39 is 0 Å². The molecule has 1 aliphatic heterocycles. The van der Waals surface area contributed by atoms with E-state index in [0.29, 0.717) is 0 Å². The number of hydrogen-bond donors (Lipinski definition) is 1. The van der Waals surface area contributed by atoms with Crippen molar-refractivity contribution in [3.63, 3.8) is 0 Å². The zero-order valence-corrected chi connectivity index (χ0v) is 14.6. The molecule has 2 rings (SSSR count). The van der Waals surface area contributed by atoms with Crippen molar-refractivity contribution >= 4 is 37.3 Å². The van der Waals surface area contributed by atoms with E-state index in [1.165, 1.54) is 0 Å². The maximum Gasteiger partial charge on any atom is 0.496 e. The lowest BCUT2D eigenvalue weighted by Gasteiger charge is -2.21. The largest absolute Gasteiger partial charge is 0.496 e. The van der Waals surface area contributed by atoms with Gasteiger partial charge in [-0.15, -0.1) is 0 Å². The Labute approximate surface area is 134 Å². The molecule has 1 unspecified atom stereocenters. The number of hydrogen-bond acceptors (Lipinski definition) is 5. The molecule has 0 N–H and O–H groups in total. The van der Waals surface area contributed by atoms with Crippen LogP contribution >= 0.6 is 12.8 Å². The molecule has 0 radical (unpaired) electrons. The van der Waals surface area contributed by atoms with Crippen LogP contribution in [0.1, 0.15) is 40.2 Å². The molecule has 21 heavy (non-hydrogen) atoms. The number of anilines is 1. The minimum Gasteiger partial charge on any atom is -0.402 e. The van der Waals surface area contributed by atoms with Crippen LogP contribution in [0, 0.1) is 0 Å². The Morgan fingerprint density at radius 1 is 1.48 bits per heavy atom. The van der Waals surface area contributed by atoms with Crippen molar-refractivity contribution in [3.05, 3.63) is 24.4 Å². The second-order valence-corrected chi connectivity index (χ2v) is 5.84. The number of nitrogens with zero attached hydrogens (tertiary/aromatic N) is 2. The van der Waals surface area contributed by atoms with E-state index in [9.17, 15) is 0 Å². The van der Waals surface area contributed by atoms with Gasteiger partial charge in [0.05, 0.1) is 11.7 Å². The maximum absolute atomic E-state index is 5.92. The van der Waals surface area contributed by atoms with E-state index in [1.54, 1.807) is 16.6 Å². The summed E-state index contributed by atoms with van der Waals surface area (Å²) in [7, 11) is 1.45. The second kappa shape index (κ2) is 7.34. The van der Waals surface area contributed by atoms with Crippen LogP contribution in [0.25, 0.3) is 6.08 Å². The third-order valence-corrected chi connectivity index (χ3v) is 3.62. The summed E-state index contributed by atoms with van der Waals surface area (Å²) in [5.41, 5.74) is 1.50. The van der Waals surface area contributed by atoms with Crippen molar-refractivity contribution in [2.45, 2.75) is 46.3 Å². The lowest BCUT2D eigenvalue weighted by molar-refractivity contribution is 0.0842. The van der Waals surface area contributed by atoms with Crippen molar-refractivity contribution in [2.75, 3.05) is 11.4 Å².